The standard InChI is InChI=1S/C20H29F3O7S.C18H44O5Si4.C13H26O2.C9H16O3.K/c1-4-17(2,3)15(24)30-19-8-12-5-13(9-19)7-18(6-12,11-19)16(25)29-14(20(21,22)23)10-31(26,27)28;1-13-18(2,3)17(19)20-15-14-16-27(21-24(4,5)6,22-25(7,8)9)23-26(10,11)12;1-5-8-9-12(7-3)10-15-13(14)11(4)6-2;1-4-9(2,3)8(10)12-6-7-5-11-7;/h12-14H,4-11H2,1-3H3,(H,26,27,28);13-16H2,1-12H3;11-12H,5-10H2,1-4H3;7H,4-6H2,1-3H3;/q;;;;+1/p-1. The van der Waals surface area contributed by atoms with Crippen LogP contribution in [0.25, 0.3) is 0 Å². The van der Waals surface area contributed by atoms with Crippen molar-refractivity contribution in [2.24, 2.45) is 45.3 Å². The molecule has 4 bridgehead atoms. The van der Waals surface area contributed by atoms with Crippen molar-refractivity contribution in [2.75, 3.05) is 32.2 Å². The number of esters is 5. The largest absolute Gasteiger partial charge is 1.00 e. The zero-order valence-electron chi connectivity index (χ0n) is 57.3. The molecule has 500 valence electrons. The molecule has 17 nitrogen and oxygen atoms in total. The fraction of sp³-hybridized carbons (Fsp3) is 0.917. The molecule has 5 fully saturated rings. The Morgan fingerprint density at radius 2 is 1.13 bits per heavy atom. The quantitative estimate of drug-likeness (QED) is 0.0157. The predicted octanol–water partition coefficient (Wildman–Crippen LogP) is 11.3. The molecule has 86 heavy (non-hydrogen) atoms. The van der Waals surface area contributed by atoms with Gasteiger partial charge in [-0.3, -0.25) is 24.0 Å². The van der Waals surface area contributed by atoms with Gasteiger partial charge in [0.25, 0.3) is 0 Å². The number of unbranched alkanes of at least 4 members (excludes halogenated alkanes) is 1. The normalized spacial score (nSPS) is 22.3. The van der Waals surface area contributed by atoms with Gasteiger partial charge in [0.2, 0.25) is 6.10 Å². The Hall–Kier alpha value is -0.606. The molecule has 0 aromatic carbocycles. The molecule has 6 unspecified atom stereocenters. The van der Waals surface area contributed by atoms with Gasteiger partial charge in [-0.2, -0.15) is 13.2 Å². The summed E-state index contributed by atoms with van der Waals surface area (Å²) in [6.07, 6.45) is 2.90. The molecule has 5 rings (SSSR count). The van der Waals surface area contributed by atoms with Gasteiger partial charge in [-0.1, -0.05) is 67.7 Å². The summed E-state index contributed by atoms with van der Waals surface area (Å²) < 4.78 is 124. The molecule has 0 aromatic heterocycles. The fourth-order valence-corrected chi connectivity index (χ4v) is 25.4. The van der Waals surface area contributed by atoms with Crippen LogP contribution in [-0.2, 0) is 74.9 Å². The van der Waals surface area contributed by atoms with E-state index in [2.05, 4.69) is 77.5 Å². The van der Waals surface area contributed by atoms with Gasteiger partial charge in [-0.05, 0) is 189 Å². The molecule has 1 saturated heterocycles. The van der Waals surface area contributed by atoms with Crippen LogP contribution < -0.4 is 51.4 Å². The monoisotopic (exact) mass is 1350 g/mol. The maximum absolute atomic E-state index is 13.3. The Bertz CT molecular complexity index is 2180. The van der Waals surface area contributed by atoms with Gasteiger partial charge >= 0.3 is 96.2 Å². The van der Waals surface area contributed by atoms with Gasteiger partial charge in [-0.15, -0.1) is 0 Å². The van der Waals surface area contributed by atoms with Crippen LogP contribution in [0.4, 0.5) is 13.2 Å². The third-order valence-corrected chi connectivity index (χ3v) is 28.9. The molecular weight excluding hydrogens is 1230 g/mol. The number of alkyl halides is 3. The van der Waals surface area contributed by atoms with Crippen molar-refractivity contribution in [1.82, 2.24) is 0 Å². The minimum atomic E-state index is -5.27. The van der Waals surface area contributed by atoms with Crippen molar-refractivity contribution in [1.29, 1.82) is 0 Å². The Kier molecular flexibility index (Phi) is 35.4. The fourth-order valence-electron chi connectivity index (χ4n) is 10.1. The molecule has 0 amide bonds. The first-order valence-corrected chi connectivity index (χ1v) is 44.9. The Labute approximate surface area is 563 Å². The number of rotatable bonds is 31. The SMILES string of the molecule is CCC(C)(C)C(=O)OC12CC3CC(C1)CC(C(=O)OC(CS(=O)(=O)[O-])C(F)(F)F)(C3)C2.CCC(C)(C)C(=O)OCC1CO1.CCC(C)(C)C(=O)OCCC[Si](O[Si](C)(C)C)(O[Si](C)(C)C)O[Si](C)(C)C.CCCCC(CC)COC(=O)C(C)CC.[K+]. The van der Waals surface area contributed by atoms with E-state index in [1.165, 1.54) is 19.3 Å². The van der Waals surface area contributed by atoms with Crippen molar-refractivity contribution in [3.05, 3.63) is 0 Å². The van der Waals surface area contributed by atoms with Crippen LogP contribution in [0.3, 0.4) is 0 Å². The predicted molar refractivity (Wildman–Crippen MR) is 333 cm³/mol. The van der Waals surface area contributed by atoms with E-state index in [0.717, 1.165) is 38.7 Å². The Balaban J connectivity index is 0.00000119. The molecule has 1 aliphatic heterocycles. The van der Waals surface area contributed by atoms with Crippen molar-refractivity contribution < 1.29 is 142 Å². The number of hydrogen-bond donors (Lipinski definition) is 0. The van der Waals surface area contributed by atoms with Crippen molar-refractivity contribution in [2.45, 2.75) is 275 Å². The van der Waals surface area contributed by atoms with Crippen molar-refractivity contribution in [3.8, 4) is 0 Å². The molecule has 1 heterocycles. The zero-order valence-corrected chi connectivity index (χ0v) is 65.2. The molecular formula is C60H114F3KO17SSi4. The smallest absolute Gasteiger partial charge is 0.748 e. The number of hydrogen-bond acceptors (Lipinski definition) is 17. The molecule has 4 saturated carbocycles. The maximum atomic E-state index is 13.3. The summed E-state index contributed by atoms with van der Waals surface area (Å²) in [6, 6.07) is 0.700. The second-order valence-electron chi connectivity index (χ2n) is 29.2. The van der Waals surface area contributed by atoms with Gasteiger partial charge in [0, 0.05) is 12.5 Å². The van der Waals surface area contributed by atoms with Crippen LogP contribution in [-0.4, -0.2) is 133 Å². The first-order chi connectivity index (χ1) is 38.5. The maximum Gasteiger partial charge on any atom is 1.00 e. The summed E-state index contributed by atoms with van der Waals surface area (Å²) in [6.45, 7) is 47.0. The molecule has 0 radical (unpaired) electrons. The first-order valence-electron chi connectivity index (χ1n) is 31.2. The van der Waals surface area contributed by atoms with E-state index in [4.69, 9.17) is 36.0 Å². The van der Waals surface area contributed by atoms with Gasteiger partial charge in [0.15, 0.2) is 25.0 Å². The van der Waals surface area contributed by atoms with Gasteiger partial charge in [0.05, 0.1) is 63.3 Å². The van der Waals surface area contributed by atoms with E-state index in [1.54, 1.807) is 13.8 Å². The van der Waals surface area contributed by atoms with Crippen LogP contribution in [0.15, 0.2) is 0 Å². The van der Waals surface area contributed by atoms with E-state index >= 15 is 0 Å². The third kappa shape index (κ3) is 31.8. The summed E-state index contributed by atoms with van der Waals surface area (Å²) in [4.78, 5) is 60.7. The van der Waals surface area contributed by atoms with E-state index < -0.39 is 95.7 Å². The summed E-state index contributed by atoms with van der Waals surface area (Å²) in [7, 11) is -13.7. The summed E-state index contributed by atoms with van der Waals surface area (Å²) in [5.74, 6) is -3.14. The molecule has 4 aliphatic carbocycles. The van der Waals surface area contributed by atoms with Crippen LogP contribution in [0, 0.1) is 45.3 Å². The van der Waals surface area contributed by atoms with E-state index in [0.29, 0.717) is 70.3 Å². The average molecular weight is 1350 g/mol. The van der Waals surface area contributed by atoms with Gasteiger partial charge < -0.3 is 45.3 Å². The zero-order chi connectivity index (χ0) is 66.1. The van der Waals surface area contributed by atoms with E-state index in [-0.39, 0.29) is 105 Å². The minimum absolute atomic E-state index is 0. The summed E-state index contributed by atoms with van der Waals surface area (Å²) in [5.41, 5.74) is -3.75. The Morgan fingerprint density at radius 1 is 0.674 bits per heavy atom. The minimum Gasteiger partial charge on any atom is -0.748 e. The van der Waals surface area contributed by atoms with Crippen LogP contribution in [0.5, 0.6) is 0 Å². The molecule has 0 N–H and O–H groups in total. The Morgan fingerprint density at radius 3 is 1.51 bits per heavy atom. The number of carbonyl (C=O) groups is 5. The van der Waals surface area contributed by atoms with Gasteiger partial charge in [0.1, 0.15) is 18.3 Å². The van der Waals surface area contributed by atoms with E-state index in [1.807, 2.05) is 62.3 Å². The summed E-state index contributed by atoms with van der Waals surface area (Å²) >= 11 is 0. The van der Waals surface area contributed by atoms with E-state index in [9.17, 15) is 50.1 Å². The third-order valence-electron chi connectivity index (χ3n) is 16.1. The second-order valence-corrected chi connectivity index (χ2v) is 47.6. The molecule has 0 spiro atoms. The summed E-state index contributed by atoms with van der Waals surface area (Å²) in [5, 5.41) is 0. The second kappa shape index (κ2) is 35.6. The average Bonchev–Trinajstić information content (AvgIpc) is 0.833. The topological polar surface area (TPSA) is 229 Å². The number of ether oxygens (including phenoxy) is 6. The first kappa shape index (κ1) is 85.4. The number of carbonyl (C=O) groups excluding carboxylic acids is 5. The van der Waals surface area contributed by atoms with Crippen LogP contribution in [0.2, 0.25) is 65.0 Å². The molecule has 6 atom stereocenters. The van der Waals surface area contributed by atoms with Crippen molar-refractivity contribution >= 4 is 73.7 Å². The molecule has 0 aromatic rings. The molecule has 26 heteroatoms. The van der Waals surface area contributed by atoms with Gasteiger partial charge in [-0.25, -0.2) is 8.42 Å². The van der Waals surface area contributed by atoms with Crippen LogP contribution in [0.1, 0.15) is 186 Å². The van der Waals surface area contributed by atoms with Crippen molar-refractivity contribution in [3.63, 3.8) is 0 Å². The number of halogens is 3. The number of epoxide rings is 1. The molecule has 5 aliphatic rings. The van der Waals surface area contributed by atoms with Crippen LogP contribution >= 0.6 is 0 Å².